The third kappa shape index (κ3) is 30.3. The molecule has 0 saturated carbocycles. The van der Waals surface area contributed by atoms with Gasteiger partial charge in [0.2, 0.25) is 5.91 Å². The highest BCUT2D eigenvalue weighted by molar-refractivity contribution is 5.76. The number of nitrogens with one attached hydrogen (secondary N) is 1. The third-order valence-electron chi connectivity index (χ3n) is 14.7. The Morgan fingerprint density at radius 3 is 1.32 bits per heavy atom. The van der Waals surface area contributed by atoms with E-state index in [-0.39, 0.29) is 18.9 Å². The van der Waals surface area contributed by atoms with E-state index in [1.165, 1.54) is 19.3 Å². The fourth-order valence-electron chi connectivity index (χ4n) is 9.61. The zero-order valence-corrected chi connectivity index (χ0v) is 50.5. The van der Waals surface area contributed by atoms with E-state index in [9.17, 15) is 61.0 Å². The standard InChI is InChI=1S/C66H107NO18/c1-3-5-7-9-11-13-15-17-18-19-20-21-22-23-24-25-26-27-28-29-30-32-34-36-38-40-42-44-54(72)67-49(50(71)43-41-39-37-35-33-31-16-14-12-10-8-6-4-2)48-80-64-60(78)57(75)62(52(46-69)82-64)85-66-61(79)58(76)63(53(47-70)83-66)84-65-59(77)56(74)55(73)51(45-68)81-65/h5,7,11-14,17-18,20-21,23-24,26-27,29-30,33,35,41,43,49-53,55-66,68-71,73-79H,3-4,6,8-10,15-16,19,22,25,28,31-32,34,36-40,42,44-48H2,1-2H3,(H,67,72)/b7-5-,13-11-,14-12+,18-17-,21-20-,24-23-,27-26-,30-29-,35-33+,43-41+. The van der Waals surface area contributed by atoms with Crippen molar-refractivity contribution in [3.63, 3.8) is 0 Å². The van der Waals surface area contributed by atoms with Gasteiger partial charge in [-0.2, -0.15) is 0 Å². The van der Waals surface area contributed by atoms with Crippen LogP contribution in [0.25, 0.3) is 0 Å². The molecule has 0 aliphatic carbocycles. The molecule has 3 aliphatic heterocycles. The highest BCUT2D eigenvalue weighted by atomic mass is 16.8. The fourth-order valence-corrected chi connectivity index (χ4v) is 9.61. The van der Waals surface area contributed by atoms with Crippen molar-refractivity contribution < 1.29 is 89.4 Å². The van der Waals surface area contributed by atoms with E-state index >= 15 is 0 Å². The minimum Gasteiger partial charge on any atom is -0.394 e. The minimum atomic E-state index is -1.99. The molecule has 3 fully saturated rings. The number of allylic oxidation sites excluding steroid dienone is 19. The quantitative estimate of drug-likeness (QED) is 0.0229. The van der Waals surface area contributed by atoms with Crippen molar-refractivity contribution in [2.24, 2.45) is 0 Å². The number of amides is 1. The second kappa shape index (κ2) is 47.2. The maximum Gasteiger partial charge on any atom is 0.220 e. The number of hydrogen-bond donors (Lipinski definition) is 12. The predicted molar refractivity (Wildman–Crippen MR) is 327 cm³/mol. The number of rotatable bonds is 44. The van der Waals surface area contributed by atoms with Crippen LogP contribution in [-0.4, -0.2) is 193 Å². The molecule has 19 heteroatoms. The van der Waals surface area contributed by atoms with Gasteiger partial charge in [0.1, 0.15) is 73.2 Å². The number of carbonyl (C=O) groups excluding carboxylic acids is 1. The molecule has 3 saturated heterocycles. The van der Waals surface area contributed by atoms with Crippen molar-refractivity contribution in [1.29, 1.82) is 0 Å². The molecule has 0 bridgehead atoms. The highest BCUT2D eigenvalue weighted by Gasteiger charge is 2.53. The lowest BCUT2D eigenvalue weighted by atomic mass is 9.96. The van der Waals surface area contributed by atoms with Gasteiger partial charge in [-0.3, -0.25) is 4.79 Å². The van der Waals surface area contributed by atoms with E-state index in [0.717, 1.165) is 103 Å². The summed E-state index contributed by atoms with van der Waals surface area (Å²) in [6.45, 7) is 1.49. The summed E-state index contributed by atoms with van der Waals surface area (Å²) in [6, 6.07) is -1.02. The Morgan fingerprint density at radius 2 is 0.824 bits per heavy atom. The zero-order valence-electron chi connectivity index (χ0n) is 50.5. The summed E-state index contributed by atoms with van der Waals surface area (Å²) in [5.41, 5.74) is 0. The zero-order chi connectivity index (χ0) is 61.9. The van der Waals surface area contributed by atoms with Gasteiger partial charge in [0, 0.05) is 6.42 Å². The average molecular weight is 1200 g/mol. The normalized spacial score (nSPS) is 29.8. The van der Waals surface area contributed by atoms with Crippen LogP contribution >= 0.6 is 0 Å². The second-order valence-electron chi connectivity index (χ2n) is 21.8. The Kier molecular flexibility index (Phi) is 41.9. The van der Waals surface area contributed by atoms with Crippen molar-refractivity contribution in [3.8, 4) is 0 Å². The van der Waals surface area contributed by atoms with Crippen molar-refractivity contribution in [2.75, 3.05) is 26.4 Å². The average Bonchev–Trinajstić information content (AvgIpc) is 2.72. The monoisotopic (exact) mass is 1200 g/mol. The fraction of sp³-hybridized carbons (Fsp3) is 0.682. The minimum absolute atomic E-state index is 0.200. The Morgan fingerprint density at radius 1 is 0.435 bits per heavy atom. The van der Waals surface area contributed by atoms with Gasteiger partial charge >= 0.3 is 0 Å². The summed E-state index contributed by atoms with van der Waals surface area (Å²) in [7, 11) is 0. The predicted octanol–water partition coefficient (Wildman–Crippen LogP) is 6.48. The van der Waals surface area contributed by atoms with Crippen molar-refractivity contribution >= 4 is 5.91 Å². The summed E-state index contributed by atoms with van der Waals surface area (Å²) >= 11 is 0. The Bertz CT molecular complexity index is 2020. The number of carbonyl (C=O) groups is 1. The van der Waals surface area contributed by atoms with E-state index in [1.807, 2.05) is 6.08 Å². The van der Waals surface area contributed by atoms with E-state index in [4.69, 9.17) is 28.4 Å². The molecule has 17 unspecified atom stereocenters. The van der Waals surface area contributed by atoms with Crippen LogP contribution in [-0.2, 0) is 33.2 Å². The van der Waals surface area contributed by atoms with Gasteiger partial charge in [-0.1, -0.05) is 167 Å². The molecule has 12 N–H and O–H groups in total. The molecule has 85 heavy (non-hydrogen) atoms. The first-order valence-electron chi connectivity index (χ1n) is 31.3. The molecule has 484 valence electrons. The number of hydrogen-bond acceptors (Lipinski definition) is 18. The Balaban J connectivity index is 1.47. The first-order chi connectivity index (χ1) is 41.3. The molecule has 1 amide bonds. The molecule has 3 heterocycles. The van der Waals surface area contributed by atoms with E-state index < -0.39 is 124 Å². The van der Waals surface area contributed by atoms with Gasteiger partial charge in [0.05, 0.1) is 38.6 Å². The van der Waals surface area contributed by atoms with Crippen molar-refractivity contribution in [1.82, 2.24) is 5.32 Å². The molecule has 19 nitrogen and oxygen atoms in total. The van der Waals surface area contributed by atoms with Gasteiger partial charge in [-0.05, 0) is 103 Å². The first-order valence-corrected chi connectivity index (χ1v) is 31.3. The lowest BCUT2D eigenvalue weighted by molar-refractivity contribution is -0.379. The molecule has 0 radical (unpaired) electrons. The van der Waals surface area contributed by atoms with Gasteiger partial charge in [0.15, 0.2) is 18.9 Å². The second-order valence-corrected chi connectivity index (χ2v) is 21.8. The first kappa shape index (κ1) is 75.4. The lowest BCUT2D eigenvalue weighted by Crippen LogP contribution is -2.66. The molecule has 0 aromatic carbocycles. The summed E-state index contributed by atoms with van der Waals surface area (Å²) in [5, 5.41) is 120. The van der Waals surface area contributed by atoms with Crippen molar-refractivity contribution in [3.05, 3.63) is 122 Å². The number of aliphatic hydroxyl groups is 11. The molecule has 3 rings (SSSR count). The van der Waals surface area contributed by atoms with E-state index in [1.54, 1.807) is 6.08 Å². The molecule has 0 aromatic rings. The van der Waals surface area contributed by atoms with Crippen LogP contribution in [0.2, 0.25) is 0 Å². The summed E-state index contributed by atoms with van der Waals surface area (Å²) in [4.78, 5) is 13.3. The van der Waals surface area contributed by atoms with Gasteiger partial charge in [-0.25, -0.2) is 0 Å². The van der Waals surface area contributed by atoms with Gasteiger partial charge in [0.25, 0.3) is 0 Å². The maximum absolute atomic E-state index is 13.3. The van der Waals surface area contributed by atoms with Crippen LogP contribution in [0.15, 0.2) is 122 Å². The molecule has 0 spiro atoms. The van der Waals surface area contributed by atoms with Crippen LogP contribution < -0.4 is 5.32 Å². The summed E-state index contributed by atoms with van der Waals surface area (Å²) in [5.74, 6) is -0.317. The highest BCUT2D eigenvalue weighted by Crippen LogP contribution is 2.33. The summed E-state index contributed by atoms with van der Waals surface area (Å²) < 4.78 is 34.2. The van der Waals surface area contributed by atoms with Crippen molar-refractivity contribution in [2.45, 2.75) is 259 Å². The maximum atomic E-state index is 13.3. The molecule has 3 aliphatic rings. The molecule has 0 aromatic heterocycles. The van der Waals surface area contributed by atoms with Crippen LogP contribution in [0.4, 0.5) is 0 Å². The van der Waals surface area contributed by atoms with Gasteiger partial charge in [-0.15, -0.1) is 0 Å². The van der Waals surface area contributed by atoms with Crippen LogP contribution in [0.5, 0.6) is 0 Å². The van der Waals surface area contributed by atoms with Crippen LogP contribution in [0.3, 0.4) is 0 Å². The summed E-state index contributed by atoms with van der Waals surface area (Å²) in [6.07, 6.45) is 36.1. The number of aliphatic hydroxyl groups excluding tert-OH is 11. The number of ether oxygens (including phenoxy) is 6. The smallest absolute Gasteiger partial charge is 0.220 e. The van der Waals surface area contributed by atoms with E-state index in [2.05, 4.69) is 129 Å². The molecule has 17 atom stereocenters. The number of unbranched alkanes of at least 4 members (excludes halogenated alkanes) is 10. The lowest BCUT2D eigenvalue weighted by Gasteiger charge is -2.48. The van der Waals surface area contributed by atoms with Crippen LogP contribution in [0, 0.1) is 0 Å². The van der Waals surface area contributed by atoms with Gasteiger partial charge < -0.3 is 89.9 Å². The largest absolute Gasteiger partial charge is 0.394 e. The third-order valence-corrected chi connectivity index (χ3v) is 14.7. The SMILES string of the molecule is CC/C=C\C/C=C\C/C=C\C/C=C\C/C=C\C/C=C\C/C=C\CCCCCCCC(=O)NC(COC1OC(CO)C(OC2OC(CO)C(OC3OC(CO)C(O)C(O)C3O)C(O)C2O)C(O)C1O)C(O)/C=C/CC/C=C/CC/C=C/CCCCC. The van der Waals surface area contributed by atoms with Crippen LogP contribution in [0.1, 0.15) is 155 Å². The van der Waals surface area contributed by atoms with E-state index in [0.29, 0.717) is 12.8 Å². The topological polar surface area (TPSA) is 307 Å². The molecular formula is C66H107NO18. The Hall–Kier alpha value is -3.81. The Labute approximate surface area is 506 Å². The molecular weight excluding hydrogens is 1090 g/mol.